The van der Waals surface area contributed by atoms with Crippen molar-refractivity contribution in [2.45, 2.75) is 50.2 Å². The Labute approximate surface area is 224 Å². The van der Waals surface area contributed by atoms with Crippen LogP contribution in [0.15, 0.2) is 23.0 Å². The molecule has 3 aromatic rings. The summed E-state index contributed by atoms with van der Waals surface area (Å²) in [6.07, 6.45) is 8.19. The first-order chi connectivity index (χ1) is 18.9. The molecule has 39 heavy (non-hydrogen) atoms. The second-order valence-electron chi connectivity index (χ2n) is 11.6. The number of amides is 2. The van der Waals surface area contributed by atoms with Crippen LogP contribution in [0.3, 0.4) is 0 Å². The minimum Gasteiger partial charge on any atom is -0.390 e. The molecule has 2 amide bonds. The van der Waals surface area contributed by atoms with Gasteiger partial charge in [-0.2, -0.15) is 10.2 Å². The van der Waals surface area contributed by atoms with Crippen molar-refractivity contribution in [3.05, 3.63) is 24.3 Å². The molecule has 2 unspecified atom stereocenters. The highest BCUT2D eigenvalue weighted by molar-refractivity contribution is 5.97. The number of nitrogens with zero attached hydrogens (tertiary/aromatic N) is 6. The van der Waals surface area contributed by atoms with Crippen molar-refractivity contribution in [3.63, 3.8) is 0 Å². The first kappa shape index (κ1) is 24.1. The van der Waals surface area contributed by atoms with Crippen LogP contribution in [0.25, 0.3) is 22.5 Å². The van der Waals surface area contributed by atoms with Crippen LogP contribution in [0.4, 0.5) is 5.69 Å². The molecule has 8 rings (SSSR count). The van der Waals surface area contributed by atoms with Gasteiger partial charge < -0.3 is 29.7 Å². The molecule has 5 fully saturated rings. The fraction of sp³-hybridized carbons (Fsp3) is 0.556. The third-order valence-electron chi connectivity index (χ3n) is 9.14. The number of anilines is 1. The third kappa shape index (κ3) is 4.12. The molecule has 4 saturated carbocycles. The Balaban J connectivity index is 1.13. The number of aliphatic hydroxyl groups is 1. The fourth-order valence-electron chi connectivity index (χ4n) is 7.61. The number of piperazine rings is 1. The Morgan fingerprint density at radius 3 is 2.64 bits per heavy atom. The predicted octanol–water partition coefficient (Wildman–Crippen LogP) is 2.16. The Kier molecular flexibility index (Phi) is 5.59. The van der Waals surface area contributed by atoms with Gasteiger partial charge in [-0.1, -0.05) is 5.16 Å². The number of aromatic amines is 1. The average Bonchev–Trinajstić information content (AvgIpc) is 3.60. The maximum atomic E-state index is 13.1. The number of fused-ring (bicyclic) bond motifs is 1. The number of carbonyl (C=O) groups is 2. The van der Waals surface area contributed by atoms with Gasteiger partial charge in [0.05, 0.1) is 22.9 Å². The van der Waals surface area contributed by atoms with E-state index in [1.807, 2.05) is 18.3 Å². The number of hydrogen-bond acceptors (Lipinski definition) is 9. The number of carbonyl (C=O) groups excluding carboxylic acids is 2. The van der Waals surface area contributed by atoms with E-state index in [4.69, 9.17) is 9.78 Å². The summed E-state index contributed by atoms with van der Waals surface area (Å²) >= 11 is 0. The van der Waals surface area contributed by atoms with Crippen molar-refractivity contribution in [3.8, 4) is 17.5 Å². The Morgan fingerprint density at radius 1 is 1.18 bits per heavy atom. The molecule has 0 spiro atoms. The van der Waals surface area contributed by atoms with Gasteiger partial charge in [0.25, 0.3) is 17.6 Å². The van der Waals surface area contributed by atoms with Crippen LogP contribution >= 0.6 is 0 Å². The van der Waals surface area contributed by atoms with E-state index in [0.717, 1.165) is 48.8 Å². The molecule has 0 radical (unpaired) electrons. The van der Waals surface area contributed by atoms with E-state index < -0.39 is 5.60 Å². The lowest BCUT2D eigenvalue weighted by atomic mass is 9.52. The van der Waals surface area contributed by atoms with Crippen molar-refractivity contribution in [2.24, 2.45) is 17.8 Å². The quantitative estimate of drug-likeness (QED) is 0.448. The first-order valence-corrected chi connectivity index (χ1v) is 13.6. The highest BCUT2D eigenvalue weighted by atomic mass is 16.5. The number of rotatable bonds is 5. The number of H-pyrrole nitrogens is 1. The van der Waals surface area contributed by atoms with Crippen molar-refractivity contribution in [1.29, 1.82) is 5.26 Å². The van der Waals surface area contributed by atoms with Gasteiger partial charge in [0, 0.05) is 50.0 Å². The zero-order chi connectivity index (χ0) is 26.7. The van der Waals surface area contributed by atoms with E-state index in [2.05, 4.69) is 25.4 Å². The fourth-order valence-corrected chi connectivity index (χ4v) is 7.61. The number of pyridine rings is 1. The van der Waals surface area contributed by atoms with Gasteiger partial charge in [-0.25, -0.2) is 4.98 Å². The smallest absolute Gasteiger partial charge is 0.295 e. The van der Waals surface area contributed by atoms with Crippen molar-refractivity contribution in [2.75, 3.05) is 31.5 Å². The van der Waals surface area contributed by atoms with Crippen molar-refractivity contribution < 1.29 is 19.2 Å². The molecule has 1 saturated heterocycles. The lowest BCUT2D eigenvalue weighted by Crippen LogP contribution is -2.59. The van der Waals surface area contributed by atoms with E-state index in [1.54, 1.807) is 16.0 Å². The summed E-state index contributed by atoms with van der Waals surface area (Å²) < 4.78 is 5.60. The predicted molar refractivity (Wildman–Crippen MR) is 138 cm³/mol. The molecule has 12 heteroatoms. The average molecular weight is 531 g/mol. The van der Waals surface area contributed by atoms with Gasteiger partial charge in [-0.3, -0.25) is 9.59 Å². The topological polar surface area (TPSA) is 164 Å². The van der Waals surface area contributed by atoms with Crippen LogP contribution < -0.4 is 5.32 Å². The molecule has 3 N–H and O–H groups in total. The van der Waals surface area contributed by atoms with E-state index in [-0.39, 0.29) is 36.0 Å². The second-order valence-corrected chi connectivity index (χ2v) is 11.6. The van der Waals surface area contributed by atoms with Gasteiger partial charge in [0.15, 0.2) is 0 Å². The molecule has 0 aromatic carbocycles. The van der Waals surface area contributed by atoms with Crippen LogP contribution in [-0.2, 0) is 4.79 Å². The largest absolute Gasteiger partial charge is 0.390 e. The zero-order valence-electron chi connectivity index (χ0n) is 21.5. The molecule has 4 heterocycles. The SMILES string of the molecule is N#CCC(=O)N1CCN(C(=O)c2noc(-c3cnc4[nH]ccc4c3NC3C4CC5CC3CC(O)(C5)C4)n2)CC1. The van der Waals surface area contributed by atoms with Crippen LogP contribution in [0, 0.1) is 29.1 Å². The molecular formula is C27H30N8O4. The number of aromatic nitrogens is 4. The summed E-state index contributed by atoms with van der Waals surface area (Å²) in [6, 6.07) is 4.06. The summed E-state index contributed by atoms with van der Waals surface area (Å²) in [6.45, 7) is 1.39. The van der Waals surface area contributed by atoms with Crippen molar-refractivity contribution in [1.82, 2.24) is 29.9 Å². The van der Waals surface area contributed by atoms with Crippen LogP contribution in [0.1, 0.15) is 49.1 Å². The van der Waals surface area contributed by atoms with Crippen LogP contribution in [0.2, 0.25) is 0 Å². The van der Waals surface area contributed by atoms with Crippen molar-refractivity contribution >= 4 is 28.5 Å². The van der Waals surface area contributed by atoms with E-state index in [0.29, 0.717) is 49.5 Å². The van der Waals surface area contributed by atoms with Gasteiger partial charge in [-0.15, -0.1) is 0 Å². The maximum Gasteiger partial charge on any atom is 0.295 e. The highest BCUT2D eigenvalue weighted by Gasteiger charge is 2.54. The summed E-state index contributed by atoms with van der Waals surface area (Å²) in [7, 11) is 0. The standard InChI is InChI=1S/C27H30N8O4/c28-3-1-20(36)34-5-7-35(8-6-34)26(37)24-32-25(39-33-24)19-14-30-23-18(2-4-29-23)22(19)31-21-16-9-15-10-17(21)13-27(38,11-15)12-16/h2,4,14-17,21,38H,1,5-13H2,(H2,29,30,31). The summed E-state index contributed by atoms with van der Waals surface area (Å²) in [4.78, 5) is 40.5. The Hall–Kier alpha value is -3.98. The normalized spacial score (nSPS) is 29.5. The minimum absolute atomic E-state index is 0.0428. The van der Waals surface area contributed by atoms with Gasteiger partial charge in [0.1, 0.15) is 12.1 Å². The van der Waals surface area contributed by atoms with Crippen LogP contribution in [0.5, 0.6) is 0 Å². The number of nitrogens with one attached hydrogen (secondary N) is 2. The molecule has 12 nitrogen and oxygen atoms in total. The lowest BCUT2D eigenvalue weighted by molar-refractivity contribution is -0.131. The summed E-state index contributed by atoms with van der Waals surface area (Å²) in [5.74, 6) is 0.972. The molecule has 5 aliphatic rings. The minimum atomic E-state index is -0.518. The molecule has 1 aliphatic heterocycles. The molecule has 3 aromatic heterocycles. The molecular weight excluding hydrogens is 500 g/mol. The van der Waals surface area contributed by atoms with Crippen LogP contribution in [-0.4, -0.2) is 84.7 Å². The lowest BCUT2D eigenvalue weighted by Gasteiger charge is -2.58. The molecule has 4 bridgehead atoms. The molecule has 2 atom stereocenters. The highest BCUT2D eigenvalue weighted by Crippen LogP contribution is 2.56. The molecule has 202 valence electrons. The van der Waals surface area contributed by atoms with E-state index in [9.17, 15) is 14.7 Å². The monoisotopic (exact) mass is 530 g/mol. The van der Waals surface area contributed by atoms with Gasteiger partial charge in [0.2, 0.25) is 5.91 Å². The summed E-state index contributed by atoms with van der Waals surface area (Å²) in [5.41, 5.74) is 1.70. The van der Waals surface area contributed by atoms with E-state index >= 15 is 0 Å². The second kappa shape index (κ2) is 9.05. The first-order valence-electron chi connectivity index (χ1n) is 13.6. The van der Waals surface area contributed by atoms with Gasteiger partial charge >= 0.3 is 0 Å². The number of nitriles is 1. The maximum absolute atomic E-state index is 13.1. The van der Waals surface area contributed by atoms with Gasteiger partial charge in [-0.05, 0) is 55.9 Å². The Bertz CT molecular complexity index is 1470. The third-order valence-corrected chi connectivity index (χ3v) is 9.14. The summed E-state index contributed by atoms with van der Waals surface area (Å²) in [5, 5.41) is 28.5. The Morgan fingerprint density at radius 2 is 1.92 bits per heavy atom. The van der Waals surface area contributed by atoms with E-state index in [1.165, 1.54) is 0 Å². The molecule has 4 aliphatic carbocycles. The zero-order valence-corrected chi connectivity index (χ0v) is 21.5. The number of hydrogen-bond donors (Lipinski definition) is 3.